The molecule has 2 aromatic carbocycles. The molecule has 0 aliphatic heterocycles. The molecule has 2 rings (SSSR count). The summed E-state index contributed by atoms with van der Waals surface area (Å²) in [4.78, 5) is 34.5. The maximum Gasteiger partial charge on any atom is 0.335 e. The molecule has 0 spiro atoms. The first-order valence-electron chi connectivity index (χ1n) is 7.95. The van der Waals surface area contributed by atoms with E-state index in [1.807, 2.05) is 13.0 Å². The van der Waals surface area contributed by atoms with Gasteiger partial charge in [0.1, 0.15) is 6.07 Å². The topological polar surface area (TPSA) is 152 Å². The number of aromatic carboxylic acids is 2. The minimum absolute atomic E-state index is 0.00404. The molecule has 9 heteroatoms. The molecule has 0 atom stereocenters. The predicted molar refractivity (Wildman–Crippen MR) is 102 cm³/mol. The SMILES string of the molecule is Cc1ccc(NC(=O)/C(C#N)=N\Nc2cc(C(=O)O)cc(C(=O)O)c2)c(C)c1. The molecule has 142 valence electrons. The van der Waals surface area contributed by atoms with Gasteiger partial charge in [-0.05, 0) is 43.7 Å². The first kappa shape index (κ1) is 20.1. The smallest absolute Gasteiger partial charge is 0.335 e. The van der Waals surface area contributed by atoms with Crippen molar-refractivity contribution in [2.45, 2.75) is 13.8 Å². The number of aryl methyl sites for hydroxylation is 2. The Morgan fingerprint density at radius 2 is 1.61 bits per heavy atom. The maximum absolute atomic E-state index is 12.3. The molecule has 4 N–H and O–H groups in total. The Balaban J connectivity index is 2.25. The third kappa shape index (κ3) is 4.92. The maximum atomic E-state index is 12.3. The van der Waals surface area contributed by atoms with Gasteiger partial charge in [0.25, 0.3) is 5.91 Å². The fraction of sp³-hybridized carbons (Fsp3) is 0.105. The first-order valence-corrected chi connectivity index (χ1v) is 7.95. The summed E-state index contributed by atoms with van der Waals surface area (Å²) >= 11 is 0. The molecule has 0 radical (unpaired) electrons. The van der Waals surface area contributed by atoms with Crippen molar-refractivity contribution in [3.8, 4) is 6.07 Å². The highest BCUT2D eigenvalue weighted by Crippen LogP contribution is 2.17. The molecule has 9 nitrogen and oxygen atoms in total. The number of rotatable bonds is 6. The van der Waals surface area contributed by atoms with Crippen molar-refractivity contribution in [1.29, 1.82) is 5.26 Å². The van der Waals surface area contributed by atoms with Crippen LogP contribution in [0.25, 0.3) is 0 Å². The summed E-state index contributed by atoms with van der Waals surface area (Å²) in [5, 5.41) is 33.5. The normalized spacial score (nSPS) is 10.7. The van der Waals surface area contributed by atoms with E-state index in [1.165, 1.54) is 0 Å². The third-order valence-electron chi connectivity index (χ3n) is 3.67. The Morgan fingerprint density at radius 1 is 1.00 bits per heavy atom. The van der Waals surface area contributed by atoms with Crippen LogP contribution >= 0.6 is 0 Å². The summed E-state index contributed by atoms with van der Waals surface area (Å²) in [7, 11) is 0. The second kappa shape index (κ2) is 8.46. The van der Waals surface area contributed by atoms with Gasteiger partial charge in [-0.2, -0.15) is 10.4 Å². The van der Waals surface area contributed by atoms with Gasteiger partial charge in [-0.15, -0.1) is 0 Å². The van der Waals surface area contributed by atoms with Crippen LogP contribution in [0.1, 0.15) is 31.8 Å². The van der Waals surface area contributed by atoms with Crippen LogP contribution in [0.2, 0.25) is 0 Å². The van der Waals surface area contributed by atoms with E-state index < -0.39 is 23.6 Å². The Labute approximate surface area is 159 Å². The lowest BCUT2D eigenvalue weighted by molar-refractivity contribution is -0.110. The van der Waals surface area contributed by atoms with E-state index >= 15 is 0 Å². The molecule has 0 unspecified atom stereocenters. The zero-order chi connectivity index (χ0) is 20.8. The molecular formula is C19H16N4O5. The molecule has 0 bridgehead atoms. The molecule has 0 aliphatic rings. The van der Waals surface area contributed by atoms with Crippen molar-refractivity contribution in [1.82, 2.24) is 0 Å². The minimum Gasteiger partial charge on any atom is -0.478 e. The van der Waals surface area contributed by atoms with Gasteiger partial charge in [0.2, 0.25) is 5.71 Å². The van der Waals surface area contributed by atoms with Gasteiger partial charge >= 0.3 is 11.9 Å². The molecule has 28 heavy (non-hydrogen) atoms. The Morgan fingerprint density at radius 3 is 2.11 bits per heavy atom. The summed E-state index contributed by atoms with van der Waals surface area (Å²) < 4.78 is 0. The number of carbonyl (C=O) groups excluding carboxylic acids is 1. The number of carbonyl (C=O) groups is 3. The number of anilines is 2. The number of carboxylic acid groups (broad SMARTS) is 2. The van der Waals surface area contributed by atoms with Crippen LogP contribution in [-0.2, 0) is 4.79 Å². The number of nitriles is 1. The fourth-order valence-corrected chi connectivity index (χ4v) is 2.32. The number of benzene rings is 2. The van der Waals surface area contributed by atoms with Crippen LogP contribution in [0.5, 0.6) is 0 Å². The molecule has 2 aromatic rings. The lowest BCUT2D eigenvalue weighted by Gasteiger charge is -2.09. The molecule has 0 aromatic heterocycles. The lowest BCUT2D eigenvalue weighted by atomic mass is 10.1. The van der Waals surface area contributed by atoms with Gasteiger partial charge in [-0.25, -0.2) is 9.59 Å². The Hall–Kier alpha value is -4.19. The van der Waals surface area contributed by atoms with Crippen LogP contribution < -0.4 is 10.7 Å². The van der Waals surface area contributed by atoms with E-state index in [2.05, 4.69) is 15.8 Å². The molecular weight excluding hydrogens is 364 g/mol. The number of hydrogen-bond acceptors (Lipinski definition) is 6. The highest BCUT2D eigenvalue weighted by atomic mass is 16.4. The lowest BCUT2D eigenvalue weighted by Crippen LogP contribution is -2.23. The molecule has 0 aliphatic carbocycles. The van der Waals surface area contributed by atoms with Gasteiger partial charge in [0.05, 0.1) is 16.8 Å². The summed E-state index contributed by atoms with van der Waals surface area (Å²) in [6.07, 6.45) is 0. The van der Waals surface area contributed by atoms with Crippen molar-refractivity contribution in [3.63, 3.8) is 0 Å². The van der Waals surface area contributed by atoms with Gasteiger partial charge in [0.15, 0.2) is 0 Å². The fourth-order valence-electron chi connectivity index (χ4n) is 2.32. The predicted octanol–water partition coefficient (Wildman–Crippen LogP) is 2.63. The van der Waals surface area contributed by atoms with Crippen molar-refractivity contribution in [2.75, 3.05) is 10.7 Å². The standard InChI is InChI=1S/C19H16N4O5/c1-10-3-4-15(11(2)5-10)21-17(24)16(9-20)23-22-14-7-12(18(25)26)6-13(8-14)19(27)28/h3-8,22H,1-2H3,(H,21,24)(H,25,26)(H,27,28)/b23-16-. The summed E-state index contributed by atoms with van der Waals surface area (Å²) in [5.41, 5.74) is 3.61. The summed E-state index contributed by atoms with van der Waals surface area (Å²) in [6.45, 7) is 3.70. The van der Waals surface area contributed by atoms with Crippen molar-refractivity contribution in [2.24, 2.45) is 5.10 Å². The number of carboxylic acids is 2. The average Bonchev–Trinajstić information content (AvgIpc) is 2.64. The zero-order valence-electron chi connectivity index (χ0n) is 15.0. The molecule has 0 fully saturated rings. The monoisotopic (exact) mass is 380 g/mol. The third-order valence-corrected chi connectivity index (χ3v) is 3.67. The number of nitrogens with zero attached hydrogens (tertiary/aromatic N) is 2. The zero-order valence-corrected chi connectivity index (χ0v) is 15.0. The molecule has 0 saturated heterocycles. The number of hydrazone groups is 1. The van der Waals surface area contributed by atoms with Crippen LogP contribution in [0.3, 0.4) is 0 Å². The van der Waals surface area contributed by atoms with E-state index in [4.69, 9.17) is 10.2 Å². The highest BCUT2D eigenvalue weighted by molar-refractivity contribution is 6.48. The van der Waals surface area contributed by atoms with Crippen molar-refractivity contribution >= 4 is 34.9 Å². The first-order chi connectivity index (χ1) is 13.2. The number of amides is 1. The van der Waals surface area contributed by atoms with E-state index in [-0.39, 0.29) is 16.8 Å². The van der Waals surface area contributed by atoms with Gasteiger partial charge in [-0.1, -0.05) is 17.7 Å². The van der Waals surface area contributed by atoms with Gasteiger partial charge in [0, 0.05) is 5.69 Å². The van der Waals surface area contributed by atoms with Gasteiger partial charge < -0.3 is 15.5 Å². The quantitative estimate of drug-likeness (QED) is 0.444. The molecule has 1 amide bonds. The Kier molecular flexibility index (Phi) is 6.08. The number of hydrogen-bond donors (Lipinski definition) is 4. The Bertz CT molecular complexity index is 1000. The van der Waals surface area contributed by atoms with E-state index in [1.54, 1.807) is 25.1 Å². The van der Waals surface area contributed by atoms with Crippen molar-refractivity contribution < 1.29 is 24.6 Å². The minimum atomic E-state index is -1.33. The second-order valence-corrected chi connectivity index (χ2v) is 5.87. The average molecular weight is 380 g/mol. The van der Waals surface area contributed by atoms with Crippen LogP contribution in [0, 0.1) is 25.2 Å². The van der Waals surface area contributed by atoms with E-state index in [0.29, 0.717) is 5.69 Å². The summed E-state index contributed by atoms with van der Waals surface area (Å²) in [6, 6.07) is 10.3. The highest BCUT2D eigenvalue weighted by Gasteiger charge is 2.14. The van der Waals surface area contributed by atoms with E-state index in [9.17, 15) is 19.6 Å². The summed E-state index contributed by atoms with van der Waals surface area (Å²) in [5.74, 6) is -3.43. The van der Waals surface area contributed by atoms with Crippen LogP contribution in [0.4, 0.5) is 11.4 Å². The molecule has 0 saturated carbocycles. The van der Waals surface area contributed by atoms with Crippen LogP contribution in [-0.4, -0.2) is 33.8 Å². The largest absolute Gasteiger partial charge is 0.478 e. The van der Waals surface area contributed by atoms with Crippen molar-refractivity contribution in [3.05, 3.63) is 58.7 Å². The van der Waals surface area contributed by atoms with Crippen LogP contribution in [0.15, 0.2) is 41.5 Å². The van der Waals surface area contributed by atoms with Gasteiger partial charge in [-0.3, -0.25) is 10.2 Å². The number of nitrogens with one attached hydrogen (secondary N) is 2. The second-order valence-electron chi connectivity index (χ2n) is 5.87. The molecule has 0 heterocycles. The van der Waals surface area contributed by atoms with E-state index in [0.717, 1.165) is 29.3 Å².